The van der Waals surface area contributed by atoms with Gasteiger partial charge in [0.05, 0.1) is 0 Å². The summed E-state index contributed by atoms with van der Waals surface area (Å²) in [6.07, 6.45) is 7.49. The Morgan fingerprint density at radius 1 is 0.875 bits per heavy atom. The number of carbonyl (C=O) groups excluding carboxylic acids is 2. The third-order valence-electron chi connectivity index (χ3n) is 4.56. The zero-order valence-electron chi connectivity index (χ0n) is 12.6. The van der Waals surface area contributed by atoms with Gasteiger partial charge in [-0.2, -0.15) is 0 Å². The van der Waals surface area contributed by atoms with Gasteiger partial charge in [0.15, 0.2) is 11.5 Å². The van der Waals surface area contributed by atoms with E-state index in [-0.39, 0.29) is 17.7 Å². The van der Waals surface area contributed by atoms with E-state index in [2.05, 4.69) is 4.99 Å². The summed E-state index contributed by atoms with van der Waals surface area (Å²) in [4.78, 5) is 29.1. The van der Waals surface area contributed by atoms with Gasteiger partial charge in [-0.3, -0.25) is 9.59 Å². The first-order valence-corrected chi connectivity index (χ1v) is 7.75. The number of fused-ring (bicyclic) bond motifs is 5. The van der Waals surface area contributed by atoms with Crippen LogP contribution in [-0.2, 0) is 0 Å². The molecule has 1 aliphatic heterocycles. The van der Waals surface area contributed by atoms with E-state index in [9.17, 15) is 9.59 Å². The number of hydrogen-bond acceptors (Lipinski definition) is 3. The third-order valence-corrected chi connectivity index (χ3v) is 4.56. The molecule has 0 saturated carbocycles. The Bertz CT molecular complexity index is 1030. The maximum Gasteiger partial charge on any atom is 0.258 e. The molecular formula is C20H12NO3+. The molecular weight excluding hydrogens is 302 g/mol. The molecule has 0 spiro atoms. The normalized spacial score (nSPS) is 19.7. The summed E-state index contributed by atoms with van der Waals surface area (Å²) in [7, 11) is 0. The van der Waals surface area contributed by atoms with Gasteiger partial charge in [-0.15, -0.1) is 0 Å². The minimum absolute atomic E-state index is 0.129. The maximum absolute atomic E-state index is 13.0. The van der Waals surface area contributed by atoms with Crippen LogP contribution in [-0.4, -0.2) is 23.4 Å². The van der Waals surface area contributed by atoms with Crippen molar-refractivity contribution in [3.8, 4) is 5.75 Å². The fourth-order valence-corrected chi connectivity index (χ4v) is 3.41. The van der Waals surface area contributed by atoms with E-state index in [1.807, 2.05) is 24.3 Å². The van der Waals surface area contributed by atoms with Crippen LogP contribution in [0.5, 0.6) is 5.75 Å². The van der Waals surface area contributed by atoms with Gasteiger partial charge in [0.25, 0.3) is 5.69 Å². The smallest absolute Gasteiger partial charge is 0.258 e. The first kappa shape index (κ1) is 13.2. The van der Waals surface area contributed by atoms with Gasteiger partial charge in [0.2, 0.25) is 17.6 Å². The average molecular weight is 314 g/mol. The molecule has 2 aliphatic carbocycles. The number of ether oxygens (including phenoxy) is 1. The topological polar surface area (TPSA) is 57.3 Å². The molecule has 1 unspecified atom stereocenters. The minimum Gasteiger partial charge on any atom is -0.468 e. The Kier molecular flexibility index (Phi) is 2.54. The molecule has 5 rings (SSSR count). The summed E-state index contributed by atoms with van der Waals surface area (Å²) in [5.74, 6) is 0.307. The summed E-state index contributed by atoms with van der Waals surface area (Å²) >= 11 is 0. The lowest BCUT2D eigenvalue weighted by Crippen LogP contribution is -2.72. The lowest BCUT2D eigenvalue weighted by Gasteiger charge is -2.23. The predicted octanol–water partition coefficient (Wildman–Crippen LogP) is 1.50. The van der Waals surface area contributed by atoms with Crippen molar-refractivity contribution in [1.29, 1.82) is 0 Å². The molecule has 24 heavy (non-hydrogen) atoms. The van der Waals surface area contributed by atoms with Gasteiger partial charge in [0, 0.05) is 22.8 Å². The van der Waals surface area contributed by atoms with Gasteiger partial charge >= 0.3 is 0 Å². The molecule has 0 fully saturated rings. The second-order valence-electron chi connectivity index (χ2n) is 5.93. The number of rotatable bonds is 0. The molecule has 0 aromatic heterocycles. The molecule has 2 aromatic carbocycles. The molecule has 4 nitrogen and oxygen atoms in total. The number of allylic oxidation sites excluding steroid dienone is 2. The van der Waals surface area contributed by atoms with Crippen molar-refractivity contribution in [3.05, 3.63) is 83.0 Å². The molecule has 0 saturated heterocycles. The maximum atomic E-state index is 13.0. The molecule has 0 amide bonds. The van der Waals surface area contributed by atoms with Crippen molar-refractivity contribution in [2.45, 2.75) is 6.10 Å². The molecule has 114 valence electrons. The van der Waals surface area contributed by atoms with Crippen LogP contribution in [0.3, 0.4) is 0 Å². The number of ketones is 2. The monoisotopic (exact) mass is 314 g/mol. The van der Waals surface area contributed by atoms with Crippen LogP contribution in [0.1, 0.15) is 31.8 Å². The second kappa shape index (κ2) is 4.61. The van der Waals surface area contributed by atoms with Crippen LogP contribution in [0.15, 0.2) is 60.7 Å². The average Bonchev–Trinajstić information content (AvgIpc) is 2.63. The van der Waals surface area contributed by atoms with E-state index >= 15 is 0 Å². The standard InChI is InChI=1S/C20H11NO3/c22-19-11-5-1-2-6-12(11)20(23)17-13(19)9-10-16-18(17)21-14-7-3-4-8-15(14)24-16/h1-10,15H/p+1. The van der Waals surface area contributed by atoms with E-state index in [0.717, 1.165) is 5.71 Å². The van der Waals surface area contributed by atoms with Crippen molar-refractivity contribution in [2.24, 2.45) is 0 Å². The number of carbonyl (C=O) groups is 2. The molecule has 2 aromatic rings. The molecule has 3 aliphatic rings. The van der Waals surface area contributed by atoms with Gasteiger partial charge in [-0.05, 0) is 18.2 Å². The lowest BCUT2D eigenvalue weighted by atomic mass is 9.83. The van der Waals surface area contributed by atoms with Crippen LogP contribution in [0.2, 0.25) is 0 Å². The fraction of sp³-hybridized carbons (Fsp3) is 0.0500. The van der Waals surface area contributed by atoms with Gasteiger partial charge in [0.1, 0.15) is 5.56 Å². The molecule has 0 bridgehead atoms. The quantitative estimate of drug-likeness (QED) is 0.684. The Labute approximate surface area is 137 Å². The van der Waals surface area contributed by atoms with Gasteiger partial charge in [-0.25, -0.2) is 4.99 Å². The highest BCUT2D eigenvalue weighted by Crippen LogP contribution is 2.36. The summed E-state index contributed by atoms with van der Waals surface area (Å²) < 4.78 is 5.97. The van der Waals surface area contributed by atoms with Crippen LogP contribution >= 0.6 is 0 Å². The second-order valence-corrected chi connectivity index (χ2v) is 5.93. The molecule has 1 atom stereocenters. The van der Waals surface area contributed by atoms with Gasteiger partial charge in [-0.1, -0.05) is 36.4 Å². The third kappa shape index (κ3) is 1.65. The predicted molar refractivity (Wildman–Crippen MR) is 88.1 cm³/mol. The first-order valence-electron chi connectivity index (χ1n) is 7.75. The van der Waals surface area contributed by atoms with E-state index in [1.165, 1.54) is 0 Å². The Balaban J connectivity index is 1.78. The fourth-order valence-electron chi connectivity index (χ4n) is 3.41. The number of hydrogen-bond donors (Lipinski definition) is 1. The SMILES string of the molecule is O=C1c2ccccc2C(=O)c2c1ccc1c2[NH+]=C2C=CC=CC2O1. The Morgan fingerprint density at radius 3 is 2.50 bits per heavy atom. The zero-order valence-corrected chi connectivity index (χ0v) is 12.6. The summed E-state index contributed by atoms with van der Waals surface area (Å²) in [6, 6.07) is 10.4. The largest absolute Gasteiger partial charge is 0.468 e. The van der Waals surface area contributed by atoms with Crippen LogP contribution in [0, 0.1) is 0 Å². The molecule has 1 N–H and O–H groups in total. The Morgan fingerprint density at radius 2 is 1.67 bits per heavy atom. The van der Waals surface area contributed by atoms with E-state index < -0.39 is 0 Å². The van der Waals surface area contributed by atoms with Crippen LogP contribution in [0.4, 0.5) is 5.69 Å². The van der Waals surface area contributed by atoms with E-state index in [4.69, 9.17) is 4.74 Å². The van der Waals surface area contributed by atoms with Crippen molar-refractivity contribution in [2.75, 3.05) is 0 Å². The number of benzene rings is 2. The highest BCUT2D eigenvalue weighted by atomic mass is 16.5. The molecule has 4 heteroatoms. The van der Waals surface area contributed by atoms with Crippen molar-refractivity contribution in [1.82, 2.24) is 0 Å². The van der Waals surface area contributed by atoms with Crippen LogP contribution < -0.4 is 9.73 Å². The Hall–Kier alpha value is -3.27. The van der Waals surface area contributed by atoms with Gasteiger partial charge < -0.3 is 4.74 Å². The first-order chi connectivity index (χ1) is 11.7. The van der Waals surface area contributed by atoms with Crippen molar-refractivity contribution in [3.63, 3.8) is 0 Å². The summed E-state index contributed by atoms with van der Waals surface area (Å²) in [6.45, 7) is 0. The number of nitrogens with one attached hydrogen (secondary N) is 1. The van der Waals surface area contributed by atoms with Crippen molar-refractivity contribution < 1.29 is 19.3 Å². The summed E-state index contributed by atoms with van der Waals surface area (Å²) in [5, 5.41) is 0. The van der Waals surface area contributed by atoms with E-state index in [1.54, 1.807) is 36.4 Å². The molecule has 1 heterocycles. The minimum atomic E-state index is -0.192. The van der Waals surface area contributed by atoms with Crippen LogP contribution in [0.25, 0.3) is 0 Å². The highest BCUT2D eigenvalue weighted by molar-refractivity contribution is 6.30. The zero-order chi connectivity index (χ0) is 16.3. The van der Waals surface area contributed by atoms with Crippen molar-refractivity contribution >= 4 is 23.0 Å². The molecule has 0 radical (unpaired) electrons. The summed E-state index contributed by atoms with van der Waals surface area (Å²) in [5.41, 5.74) is 3.14. The van der Waals surface area contributed by atoms with E-state index in [0.29, 0.717) is 33.7 Å². The lowest BCUT2D eigenvalue weighted by molar-refractivity contribution is -0.362. The highest BCUT2D eigenvalue weighted by Gasteiger charge is 2.38.